The van der Waals surface area contributed by atoms with Crippen molar-refractivity contribution in [3.05, 3.63) is 65.7 Å². The highest BCUT2D eigenvalue weighted by atomic mass is 32.2. The highest BCUT2D eigenvalue weighted by molar-refractivity contribution is 7.89. The molecular formula is C15H15NO3S. The molecule has 0 saturated carbocycles. The highest BCUT2D eigenvalue weighted by Crippen LogP contribution is 2.11. The van der Waals surface area contributed by atoms with Crippen LogP contribution in [0, 0.1) is 0 Å². The summed E-state index contributed by atoms with van der Waals surface area (Å²) in [6.07, 6.45) is 1.08. The maximum atomic E-state index is 12.1. The van der Waals surface area contributed by atoms with Gasteiger partial charge in [-0.05, 0) is 23.3 Å². The standard InChI is InChI=1S/C15H15NO3S/c17-11-10-13-6-8-15(9-7-13)20(18,19)16-12-14-4-2-1-3-5-14/h1-9,11,16H,10,12H2. The van der Waals surface area contributed by atoms with Crippen LogP contribution in [-0.4, -0.2) is 14.7 Å². The van der Waals surface area contributed by atoms with Crippen molar-refractivity contribution in [3.8, 4) is 0 Å². The van der Waals surface area contributed by atoms with Crippen LogP contribution in [0.2, 0.25) is 0 Å². The first-order chi connectivity index (χ1) is 9.62. The van der Waals surface area contributed by atoms with E-state index in [4.69, 9.17) is 0 Å². The fourth-order valence-electron chi connectivity index (χ4n) is 1.76. The molecule has 0 aliphatic rings. The normalized spacial score (nSPS) is 11.2. The summed E-state index contributed by atoms with van der Waals surface area (Å²) in [4.78, 5) is 10.6. The van der Waals surface area contributed by atoms with E-state index in [-0.39, 0.29) is 17.9 Å². The third-order valence-electron chi connectivity index (χ3n) is 2.86. The molecule has 0 amide bonds. The van der Waals surface area contributed by atoms with Crippen LogP contribution in [0.3, 0.4) is 0 Å². The zero-order valence-electron chi connectivity index (χ0n) is 10.8. The van der Waals surface area contributed by atoms with Crippen LogP contribution in [0.1, 0.15) is 11.1 Å². The van der Waals surface area contributed by atoms with Crippen LogP contribution in [-0.2, 0) is 27.8 Å². The molecule has 0 saturated heterocycles. The van der Waals surface area contributed by atoms with Gasteiger partial charge in [-0.2, -0.15) is 0 Å². The Morgan fingerprint density at radius 3 is 2.15 bits per heavy atom. The molecule has 2 aromatic carbocycles. The van der Waals surface area contributed by atoms with E-state index in [0.717, 1.165) is 17.4 Å². The van der Waals surface area contributed by atoms with Gasteiger partial charge in [0.2, 0.25) is 10.0 Å². The minimum atomic E-state index is -3.53. The fraction of sp³-hybridized carbons (Fsp3) is 0.133. The number of aldehydes is 1. The minimum absolute atomic E-state index is 0.197. The summed E-state index contributed by atoms with van der Waals surface area (Å²) >= 11 is 0. The number of benzene rings is 2. The van der Waals surface area contributed by atoms with Crippen molar-refractivity contribution >= 4 is 16.3 Å². The molecule has 2 aromatic rings. The molecule has 0 fully saturated rings. The van der Waals surface area contributed by atoms with E-state index >= 15 is 0 Å². The lowest BCUT2D eigenvalue weighted by molar-refractivity contribution is -0.107. The third-order valence-corrected chi connectivity index (χ3v) is 4.28. The number of carbonyl (C=O) groups excluding carboxylic acids is 1. The Kier molecular flexibility index (Phi) is 4.65. The van der Waals surface area contributed by atoms with E-state index in [1.807, 2.05) is 30.3 Å². The summed E-state index contributed by atoms with van der Waals surface area (Å²) in [6.45, 7) is 0.249. The number of nitrogens with one attached hydrogen (secondary N) is 1. The Hall–Kier alpha value is -1.98. The van der Waals surface area contributed by atoms with E-state index in [1.165, 1.54) is 12.1 Å². The zero-order valence-corrected chi connectivity index (χ0v) is 11.6. The van der Waals surface area contributed by atoms with E-state index in [9.17, 15) is 13.2 Å². The van der Waals surface area contributed by atoms with Crippen molar-refractivity contribution in [2.45, 2.75) is 17.9 Å². The molecule has 0 radical (unpaired) electrons. The zero-order chi connectivity index (χ0) is 14.4. The van der Waals surface area contributed by atoms with E-state index in [2.05, 4.69) is 4.72 Å². The Balaban J connectivity index is 2.08. The first-order valence-corrected chi connectivity index (χ1v) is 7.66. The van der Waals surface area contributed by atoms with Gasteiger partial charge in [0, 0.05) is 13.0 Å². The number of hydrogen-bond acceptors (Lipinski definition) is 3. The molecule has 5 heteroatoms. The summed E-state index contributed by atoms with van der Waals surface area (Å²) in [5.41, 5.74) is 1.69. The molecule has 104 valence electrons. The molecule has 0 aliphatic carbocycles. The molecule has 20 heavy (non-hydrogen) atoms. The largest absolute Gasteiger partial charge is 0.303 e. The van der Waals surface area contributed by atoms with Crippen LogP contribution < -0.4 is 4.72 Å². The van der Waals surface area contributed by atoms with Crippen molar-refractivity contribution in [1.29, 1.82) is 0 Å². The molecule has 0 unspecified atom stereocenters. The second-order valence-corrected chi connectivity index (χ2v) is 6.09. The number of carbonyl (C=O) groups is 1. The summed E-state index contributed by atoms with van der Waals surface area (Å²) in [6, 6.07) is 15.6. The van der Waals surface area contributed by atoms with Crippen molar-refractivity contribution < 1.29 is 13.2 Å². The maximum Gasteiger partial charge on any atom is 0.240 e. The van der Waals surface area contributed by atoms with Gasteiger partial charge in [0.25, 0.3) is 0 Å². The van der Waals surface area contributed by atoms with E-state index < -0.39 is 10.0 Å². The molecular weight excluding hydrogens is 274 g/mol. The monoisotopic (exact) mass is 289 g/mol. The second-order valence-electron chi connectivity index (χ2n) is 4.32. The Morgan fingerprint density at radius 2 is 1.55 bits per heavy atom. The molecule has 0 bridgehead atoms. The van der Waals surface area contributed by atoms with Gasteiger partial charge in [-0.1, -0.05) is 42.5 Å². The van der Waals surface area contributed by atoms with Crippen molar-refractivity contribution in [3.63, 3.8) is 0 Å². The topological polar surface area (TPSA) is 63.2 Å². The summed E-state index contributed by atoms with van der Waals surface area (Å²) in [5, 5.41) is 0. The summed E-state index contributed by atoms with van der Waals surface area (Å²) < 4.78 is 26.7. The fourth-order valence-corrected chi connectivity index (χ4v) is 2.78. The van der Waals surface area contributed by atoms with Gasteiger partial charge in [0.1, 0.15) is 6.29 Å². The van der Waals surface area contributed by atoms with Gasteiger partial charge in [-0.25, -0.2) is 13.1 Å². The number of sulfonamides is 1. The lowest BCUT2D eigenvalue weighted by Crippen LogP contribution is -2.23. The minimum Gasteiger partial charge on any atom is -0.303 e. The van der Waals surface area contributed by atoms with Crippen LogP contribution in [0.5, 0.6) is 0 Å². The highest BCUT2D eigenvalue weighted by Gasteiger charge is 2.13. The Labute approximate surface area is 118 Å². The van der Waals surface area contributed by atoms with Gasteiger partial charge in [-0.3, -0.25) is 0 Å². The van der Waals surface area contributed by atoms with Gasteiger partial charge < -0.3 is 4.79 Å². The van der Waals surface area contributed by atoms with Crippen molar-refractivity contribution in [1.82, 2.24) is 4.72 Å². The average molecular weight is 289 g/mol. The predicted molar refractivity (Wildman–Crippen MR) is 76.7 cm³/mol. The lowest BCUT2D eigenvalue weighted by atomic mass is 10.2. The molecule has 4 nitrogen and oxygen atoms in total. The molecule has 0 aromatic heterocycles. The molecule has 0 aliphatic heterocycles. The SMILES string of the molecule is O=CCc1ccc(S(=O)(=O)NCc2ccccc2)cc1. The van der Waals surface area contributed by atoms with Crippen LogP contribution in [0.25, 0.3) is 0 Å². The molecule has 0 atom stereocenters. The van der Waals surface area contributed by atoms with Gasteiger partial charge >= 0.3 is 0 Å². The first kappa shape index (κ1) is 14.4. The van der Waals surface area contributed by atoms with Crippen LogP contribution in [0.15, 0.2) is 59.5 Å². The number of hydrogen-bond donors (Lipinski definition) is 1. The molecule has 2 rings (SSSR count). The van der Waals surface area contributed by atoms with Crippen molar-refractivity contribution in [2.24, 2.45) is 0 Å². The maximum absolute atomic E-state index is 12.1. The van der Waals surface area contributed by atoms with Crippen LogP contribution >= 0.6 is 0 Å². The van der Waals surface area contributed by atoms with Crippen molar-refractivity contribution in [2.75, 3.05) is 0 Å². The van der Waals surface area contributed by atoms with Gasteiger partial charge in [-0.15, -0.1) is 0 Å². The number of rotatable bonds is 6. The summed E-state index contributed by atoms with van der Waals surface area (Å²) in [7, 11) is -3.53. The smallest absolute Gasteiger partial charge is 0.240 e. The van der Waals surface area contributed by atoms with Crippen LogP contribution in [0.4, 0.5) is 0 Å². The molecule has 0 spiro atoms. The quantitative estimate of drug-likeness (QED) is 0.826. The molecule has 1 N–H and O–H groups in total. The predicted octanol–water partition coefficient (Wildman–Crippen LogP) is 1.91. The Bertz CT molecular complexity index is 664. The average Bonchev–Trinajstić information content (AvgIpc) is 2.47. The van der Waals surface area contributed by atoms with E-state index in [1.54, 1.807) is 12.1 Å². The molecule has 0 heterocycles. The second kappa shape index (κ2) is 6.45. The Morgan fingerprint density at radius 1 is 0.900 bits per heavy atom. The first-order valence-electron chi connectivity index (χ1n) is 6.18. The van der Waals surface area contributed by atoms with E-state index in [0.29, 0.717) is 0 Å². The summed E-state index contributed by atoms with van der Waals surface area (Å²) in [5.74, 6) is 0. The van der Waals surface area contributed by atoms with Gasteiger partial charge in [0.05, 0.1) is 4.90 Å². The lowest BCUT2D eigenvalue weighted by Gasteiger charge is -2.07. The van der Waals surface area contributed by atoms with Gasteiger partial charge in [0.15, 0.2) is 0 Å². The third kappa shape index (κ3) is 3.76.